The Morgan fingerprint density at radius 1 is 1.12 bits per heavy atom. The molecule has 0 aliphatic carbocycles. The minimum Gasteiger partial charge on any atom is -0.489 e. The standard InChI is InChI=1S/C19H22N2O3.ClH/c22-18-12-20-10-16(18)11-21-19(23)15-8-6-14(7-9-15)13-24-17-4-2-1-3-5-17;/h1-9,16,18,20,22H,10-13H2,(H,21,23);1H. The summed E-state index contributed by atoms with van der Waals surface area (Å²) in [4.78, 5) is 12.2. The lowest BCUT2D eigenvalue weighted by Crippen LogP contribution is -2.34. The molecular weight excluding hydrogens is 340 g/mol. The summed E-state index contributed by atoms with van der Waals surface area (Å²) in [7, 11) is 0. The molecule has 1 saturated heterocycles. The number of amides is 1. The maximum Gasteiger partial charge on any atom is 0.251 e. The second kappa shape index (κ2) is 9.42. The summed E-state index contributed by atoms with van der Waals surface area (Å²) in [6, 6.07) is 17.0. The van der Waals surface area contributed by atoms with Gasteiger partial charge >= 0.3 is 0 Å². The van der Waals surface area contributed by atoms with Crippen molar-refractivity contribution < 1.29 is 14.6 Å². The van der Waals surface area contributed by atoms with Gasteiger partial charge in [-0.2, -0.15) is 0 Å². The number of hydrogen-bond donors (Lipinski definition) is 3. The molecule has 0 saturated carbocycles. The molecule has 2 aromatic rings. The Bertz CT molecular complexity index is 664. The number of carbonyl (C=O) groups is 1. The number of nitrogens with one attached hydrogen (secondary N) is 2. The summed E-state index contributed by atoms with van der Waals surface area (Å²) >= 11 is 0. The zero-order chi connectivity index (χ0) is 16.8. The Balaban J connectivity index is 0.00000225. The van der Waals surface area contributed by atoms with Crippen LogP contribution in [-0.2, 0) is 6.61 Å². The summed E-state index contributed by atoms with van der Waals surface area (Å²) in [6.07, 6.45) is -0.386. The van der Waals surface area contributed by atoms with Gasteiger partial charge in [-0.25, -0.2) is 0 Å². The van der Waals surface area contributed by atoms with Gasteiger partial charge in [0.2, 0.25) is 0 Å². The first-order valence-electron chi connectivity index (χ1n) is 8.16. The molecule has 6 heteroatoms. The zero-order valence-electron chi connectivity index (χ0n) is 13.9. The van der Waals surface area contributed by atoms with Crippen LogP contribution in [0.5, 0.6) is 5.75 Å². The van der Waals surface area contributed by atoms with E-state index in [1.54, 1.807) is 12.1 Å². The van der Waals surface area contributed by atoms with E-state index < -0.39 is 0 Å². The Labute approximate surface area is 153 Å². The van der Waals surface area contributed by atoms with Crippen molar-refractivity contribution in [3.8, 4) is 5.75 Å². The Morgan fingerprint density at radius 2 is 1.84 bits per heavy atom. The van der Waals surface area contributed by atoms with Gasteiger partial charge in [-0.15, -0.1) is 12.4 Å². The van der Waals surface area contributed by atoms with Gasteiger partial charge in [0.15, 0.2) is 0 Å². The van der Waals surface area contributed by atoms with Crippen LogP contribution < -0.4 is 15.4 Å². The number of para-hydroxylation sites is 1. The average molecular weight is 363 g/mol. The molecule has 3 rings (SSSR count). The van der Waals surface area contributed by atoms with Crippen LogP contribution >= 0.6 is 12.4 Å². The van der Waals surface area contributed by atoms with Gasteiger partial charge in [-0.3, -0.25) is 4.79 Å². The first-order valence-corrected chi connectivity index (χ1v) is 8.16. The van der Waals surface area contributed by atoms with Gasteiger partial charge in [0.1, 0.15) is 12.4 Å². The maximum absolute atomic E-state index is 12.2. The van der Waals surface area contributed by atoms with Gasteiger partial charge in [-0.1, -0.05) is 30.3 Å². The number of halogens is 1. The number of hydrogen-bond acceptors (Lipinski definition) is 4. The lowest BCUT2D eigenvalue weighted by atomic mass is 10.1. The molecule has 1 heterocycles. The summed E-state index contributed by atoms with van der Waals surface area (Å²) in [5.74, 6) is 0.778. The molecule has 0 aromatic heterocycles. The van der Waals surface area contributed by atoms with Crippen molar-refractivity contribution in [2.24, 2.45) is 5.92 Å². The number of rotatable bonds is 6. The van der Waals surface area contributed by atoms with E-state index in [1.165, 1.54) is 0 Å². The van der Waals surface area contributed by atoms with Crippen LogP contribution in [-0.4, -0.2) is 36.8 Å². The highest BCUT2D eigenvalue weighted by molar-refractivity contribution is 5.94. The molecule has 1 aliphatic rings. The predicted molar refractivity (Wildman–Crippen MR) is 99.2 cm³/mol. The molecule has 2 unspecified atom stereocenters. The predicted octanol–water partition coefficient (Wildman–Crippen LogP) is 2.00. The van der Waals surface area contributed by atoms with E-state index in [0.717, 1.165) is 17.9 Å². The van der Waals surface area contributed by atoms with E-state index in [1.807, 2.05) is 42.5 Å². The van der Waals surface area contributed by atoms with Crippen LogP contribution in [0.4, 0.5) is 0 Å². The lowest BCUT2D eigenvalue weighted by Gasteiger charge is -2.14. The Kier molecular flexibility index (Phi) is 7.25. The molecule has 134 valence electrons. The molecule has 1 amide bonds. The largest absolute Gasteiger partial charge is 0.489 e. The lowest BCUT2D eigenvalue weighted by molar-refractivity contribution is 0.0927. The second-order valence-electron chi connectivity index (χ2n) is 5.99. The van der Waals surface area contributed by atoms with Crippen LogP contribution in [0.3, 0.4) is 0 Å². The fraction of sp³-hybridized carbons (Fsp3) is 0.316. The van der Waals surface area contributed by atoms with Crippen molar-refractivity contribution in [1.82, 2.24) is 10.6 Å². The van der Waals surface area contributed by atoms with Gasteiger partial charge in [0.25, 0.3) is 5.91 Å². The Morgan fingerprint density at radius 3 is 2.48 bits per heavy atom. The molecule has 1 fully saturated rings. The minimum atomic E-state index is -0.386. The summed E-state index contributed by atoms with van der Waals surface area (Å²) in [6.45, 7) is 2.27. The molecule has 5 nitrogen and oxygen atoms in total. The summed E-state index contributed by atoms with van der Waals surface area (Å²) in [5.41, 5.74) is 1.62. The normalized spacial score (nSPS) is 19.1. The number of ether oxygens (including phenoxy) is 1. The molecule has 2 aromatic carbocycles. The number of benzene rings is 2. The van der Waals surface area contributed by atoms with Gasteiger partial charge < -0.3 is 20.5 Å². The molecule has 1 aliphatic heterocycles. The SMILES string of the molecule is Cl.O=C(NCC1CNCC1O)c1ccc(COc2ccccc2)cc1. The van der Waals surface area contributed by atoms with E-state index in [2.05, 4.69) is 10.6 Å². The summed E-state index contributed by atoms with van der Waals surface area (Å²) in [5, 5.41) is 15.7. The summed E-state index contributed by atoms with van der Waals surface area (Å²) < 4.78 is 5.68. The smallest absolute Gasteiger partial charge is 0.251 e. The number of β-amino-alcohol motifs (C(OH)–C–C–N with tert-alkyl or cyclic N) is 1. The molecular formula is C19H23ClN2O3. The molecule has 0 radical (unpaired) electrons. The highest BCUT2D eigenvalue weighted by Crippen LogP contribution is 2.13. The zero-order valence-corrected chi connectivity index (χ0v) is 14.7. The topological polar surface area (TPSA) is 70.6 Å². The monoisotopic (exact) mass is 362 g/mol. The van der Waals surface area contributed by atoms with E-state index in [-0.39, 0.29) is 30.3 Å². The Hall–Kier alpha value is -2.08. The van der Waals surface area contributed by atoms with E-state index in [0.29, 0.717) is 25.3 Å². The molecule has 25 heavy (non-hydrogen) atoms. The van der Waals surface area contributed by atoms with Gasteiger partial charge in [0.05, 0.1) is 6.10 Å². The minimum absolute atomic E-state index is 0. The maximum atomic E-state index is 12.2. The van der Waals surface area contributed by atoms with E-state index >= 15 is 0 Å². The van der Waals surface area contributed by atoms with Crippen LogP contribution in [0.25, 0.3) is 0 Å². The number of aliphatic hydroxyl groups excluding tert-OH is 1. The average Bonchev–Trinajstić information content (AvgIpc) is 3.04. The first kappa shape index (κ1) is 19.2. The van der Waals surface area contributed by atoms with Crippen LogP contribution in [0, 0.1) is 5.92 Å². The van der Waals surface area contributed by atoms with Crippen molar-refractivity contribution in [2.45, 2.75) is 12.7 Å². The highest BCUT2D eigenvalue weighted by atomic mass is 35.5. The fourth-order valence-electron chi connectivity index (χ4n) is 2.69. The van der Waals surface area contributed by atoms with Crippen molar-refractivity contribution in [3.63, 3.8) is 0 Å². The highest BCUT2D eigenvalue weighted by Gasteiger charge is 2.25. The van der Waals surface area contributed by atoms with E-state index in [4.69, 9.17) is 4.74 Å². The molecule has 0 bridgehead atoms. The molecule has 2 atom stereocenters. The number of carbonyl (C=O) groups excluding carboxylic acids is 1. The van der Waals surface area contributed by atoms with Crippen molar-refractivity contribution >= 4 is 18.3 Å². The molecule has 3 N–H and O–H groups in total. The van der Waals surface area contributed by atoms with Crippen LogP contribution in [0.1, 0.15) is 15.9 Å². The first-order chi connectivity index (χ1) is 11.7. The van der Waals surface area contributed by atoms with Gasteiger partial charge in [-0.05, 0) is 29.8 Å². The second-order valence-corrected chi connectivity index (χ2v) is 5.99. The van der Waals surface area contributed by atoms with Crippen LogP contribution in [0.15, 0.2) is 54.6 Å². The third kappa shape index (κ3) is 5.46. The van der Waals surface area contributed by atoms with Crippen LogP contribution in [0.2, 0.25) is 0 Å². The molecule has 0 spiro atoms. The van der Waals surface area contributed by atoms with Gasteiger partial charge in [0, 0.05) is 31.1 Å². The fourth-order valence-corrected chi connectivity index (χ4v) is 2.69. The van der Waals surface area contributed by atoms with Crippen molar-refractivity contribution in [3.05, 3.63) is 65.7 Å². The number of aliphatic hydroxyl groups is 1. The third-order valence-electron chi connectivity index (χ3n) is 4.19. The quantitative estimate of drug-likeness (QED) is 0.735. The van der Waals surface area contributed by atoms with Crippen molar-refractivity contribution in [2.75, 3.05) is 19.6 Å². The third-order valence-corrected chi connectivity index (χ3v) is 4.19. The van der Waals surface area contributed by atoms with E-state index in [9.17, 15) is 9.90 Å². The van der Waals surface area contributed by atoms with Crippen molar-refractivity contribution in [1.29, 1.82) is 0 Å².